The molecular formula is C22H23ClN2O2. The molecule has 2 amide bonds. The second-order valence-electron chi connectivity index (χ2n) is 6.71. The molecule has 4 nitrogen and oxygen atoms in total. The van der Waals surface area contributed by atoms with Gasteiger partial charge in [-0.3, -0.25) is 9.59 Å². The molecule has 1 saturated heterocycles. The van der Waals surface area contributed by atoms with Gasteiger partial charge < -0.3 is 9.80 Å². The van der Waals surface area contributed by atoms with Crippen molar-refractivity contribution in [2.24, 2.45) is 0 Å². The van der Waals surface area contributed by atoms with Crippen molar-refractivity contribution in [2.45, 2.75) is 31.5 Å². The minimum absolute atomic E-state index is 0.0413. The van der Waals surface area contributed by atoms with Crippen LogP contribution in [0.1, 0.15) is 30.1 Å². The molecule has 0 radical (unpaired) electrons. The molecule has 0 bridgehead atoms. The molecule has 5 heteroatoms. The van der Waals surface area contributed by atoms with Gasteiger partial charge in [-0.25, -0.2) is 0 Å². The van der Waals surface area contributed by atoms with Crippen molar-refractivity contribution in [1.82, 2.24) is 9.80 Å². The Balaban J connectivity index is 1.96. The zero-order valence-electron chi connectivity index (χ0n) is 15.3. The third kappa shape index (κ3) is 4.06. The largest absolute Gasteiger partial charge is 0.319 e. The molecule has 2 aromatic rings. The second kappa shape index (κ2) is 8.40. The number of nitrogens with zero attached hydrogens (tertiary/aromatic N) is 2. The smallest absolute Gasteiger partial charge is 0.247 e. The SMILES string of the molecule is C=CCCC(=O)N1C(Cc2ccc(Cl)cc2)C(=O)N(C)C1c1ccccc1. The molecule has 3 rings (SSSR count). The molecule has 140 valence electrons. The number of likely N-dealkylation sites (N-methyl/N-ethyl adjacent to an activating group) is 1. The topological polar surface area (TPSA) is 40.6 Å². The summed E-state index contributed by atoms with van der Waals surface area (Å²) in [7, 11) is 1.76. The molecule has 27 heavy (non-hydrogen) atoms. The first kappa shape index (κ1) is 19.2. The lowest BCUT2D eigenvalue weighted by molar-refractivity contribution is -0.136. The van der Waals surface area contributed by atoms with Crippen molar-refractivity contribution >= 4 is 23.4 Å². The van der Waals surface area contributed by atoms with Crippen LogP contribution in [0, 0.1) is 0 Å². The van der Waals surface area contributed by atoms with E-state index >= 15 is 0 Å². The minimum atomic E-state index is -0.529. The highest BCUT2D eigenvalue weighted by atomic mass is 35.5. The van der Waals surface area contributed by atoms with Crippen molar-refractivity contribution in [2.75, 3.05) is 7.05 Å². The Kier molecular flexibility index (Phi) is 5.97. The van der Waals surface area contributed by atoms with Crippen LogP contribution in [0.3, 0.4) is 0 Å². The molecule has 0 aromatic heterocycles. The van der Waals surface area contributed by atoms with Crippen LogP contribution < -0.4 is 0 Å². The van der Waals surface area contributed by atoms with Crippen molar-refractivity contribution in [3.05, 3.63) is 83.4 Å². The van der Waals surface area contributed by atoms with Gasteiger partial charge in [-0.15, -0.1) is 6.58 Å². The highest BCUT2D eigenvalue weighted by molar-refractivity contribution is 6.30. The van der Waals surface area contributed by atoms with Crippen LogP contribution in [0.5, 0.6) is 0 Å². The van der Waals surface area contributed by atoms with Gasteiger partial charge in [-0.1, -0.05) is 60.1 Å². The zero-order valence-corrected chi connectivity index (χ0v) is 16.1. The third-order valence-corrected chi connectivity index (χ3v) is 5.14. The van der Waals surface area contributed by atoms with E-state index in [4.69, 9.17) is 11.6 Å². The van der Waals surface area contributed by atoms with E-state index in [0.29, 0.717) is 24.3 Å². The number of amides is 2. The summed E-state index contributed by atoms with van der Waals surface area (Å²) in [5.74, 6) is -0.0915. The van der Waals surface area contributed by atoms with Gasteiger partial charge in [0.2, 0.25) is 11.8 Å². The lowest BCUT2D eigenvalue weighted by Crippen LogP contribution is -2.40. The number of halogens is 1. The van der Waals surface area contributed by atoms with Crippen LogP contribution in [0.25, 0.3) is 0 Å². The predicted molar refractivity (Wildman–Crippen MR) is 107 cm³/mol. The average molecular weight is 383 g/mol. The molecule has 2 aromatic carbocycles. The zero-order chi connectivity index (χ0) is 19.4. The van der Waals surface area contributed by atoms with Crippen LogP contribution in [0.2, 0.25) is 5.02 Å². The minimum Gasteiger partial charge on any atom is -0.319 e. The number of hydrogen-bond acceptors (Lipinski definition) is 2. The second-order valence-corrected chi connectivity index (χ2v) is 7.14. The number of benzene rings is 2. The summed E-state index contributed by atoms with van der Waals surface area (Å²) in [6.45, 7) is 3.70. The molecule has 0 spiro atoms. The van der Waals surface area contributed by atoms with Crippen LogP contribution in [-0.2, 0) is 16.0 Å². The third-order valence-electron chi connectivity index (χ3n) is 4.89. The fraction of sp³-hybridized carbons (Fsp3) is 0.273. The molecule has 1 fully saturated rings. The van der Waals surface area contributed by atoms with E-state index in [0.717, 1.165) is 11.1 Å². The predicted octanol–water partition coefficient (Wildman–Crippen LogP) is 4.22. The molecule has 0 N–H and O–H groups in total. The summed E-state index contributed by atoms with van der Waals surface area (Å²) >= 11 is 5.97. The monoisotopic (exact) mass is 382 g/mol. The van der Waals surface area contributed by atoms with E-state index in [2.05, 4.69) is 6.58 Å². The molecule has 1 aliphatic rings. The first-order chi connectivity index (χ1) is 13.0. The van der Waals surface area contributed by atoms with E-state index in [1.54, 1.807) is 35.1 Å². The molecule has 2 unspecified atom stereocenters. The lowest BCUT2D eigenvalue weighted by Gasteiger charge is -2.30. The Labute approximate surface area is 165 Å². The summed E-state index contributed by atoms with van der Waals surface area (Å²) in [6, 6.07) is 16.6. The van der Waals surface area contributed by atoms with Gasteiger partial charge in [0.1, 0.15) is 12.2 Å². The first-order valence-electron chi connectivity index (χ1n) is 9.01. The van der Waals surface area contributed by atoms with Crippen LogP contribution >= 0.6 is 11.6 Å². The van der Waals surface area contributed by atoms with E-state index in [-0.39, 0.29) is 11.8 Å². The quantitative estimate of drug-likeness (QED) is 0.702. The van der Waals surface area contributed by atoms with Crippen LogP contribution in [0.15, 0.2) is 67.3 Å². The molecular weight excluding hydrogens is 360 g/mol. The fourth-order valence-electron chi connectivity index (χ4n) is 3.54. The maximum Gasteiger partial charge on any atom is 0.247 e. The van der Waals surface area contributed by atoms with Crippen molar-refractivity contribution < 1.29 is 9.59 Å². The number of hydrogen-bond donors (Lipinski definition) is 0. The van der Waals surface area contributed by atoms with Gasteiger partial charge in [0.05, 0.1) is 0 Å². The Hall–Kier alpha value is -2.59. The molecule has 0 aliphatic carbocycles. The lowest BCUT2D eigenvalue weighted by atomic mass is 10.0. The van der Waals surface area contributed by atoms with Gasteiger partial charge in [0, 0.05) is 24.9 Å². The summed E-state index contributed by atoms with van der Waals surface area (Å²) in [5, 5.41) is 0.648. The molecule has 2 atom stereocenters. The van der Waals surface area contributed by atoms with Crippen molar-refractivity contribution in [1.29, 1.82) is 0 Å². The van der Waals surface area contributed by atoms with E-state index in [1.165, 1.54) is 0 Å². The number of rotatable bonds is 6. The Bertz CT molecular complexity index is 820. The first-order valence-corrected chi connectivity index (χ1v) is 9.39. The maximum atomic E-state index is 13.0. The van der Waals surface area contributed by atoms with Gasteiger partial charge >= 0.3 is 0 Å². The number of allylic oxidation sites excluding steroid dienone is 1. The standard InChI is InChI=1S/C22H23ClN2O2/c1-3-4-10-20(26)25-19(15-16-11-13-18(23)14-12-16)22(27)24(2)21(25)17-8-6-5-7-9-17/h3,5-9,11-14,19,21H,1,4,10,15H2,2H3. The average Bonchev–Trinajstić information content (AvgIpc) is 2.93. The van der Waals surface area contributed by atoms with Gasteiger partial charge in [-0.05, 0) is 29.7 Å². The normalized spacial score (nSPS) is 19.4. The highest BCUT2D eigenvalue weighted by Crippen LogP contribution is 2.35. The summed E-state index contributed by atoms with van der Waals surface area (Å²) in [4.78, 5) is 29.4. The number of carbonyl (C=O) groups is 2. The number of carbonyl (C=O) groups excluding carboxylic acids is 2. The fourth-order valence-corrected chi connectivity index (χ4v) is 3.66. The van der Waals surface area contributed by atoms with Gasteiger partial charge in [-0.2, -0.15) is 0 Å². The molecule has 1 aliphatic heterocycles. The van der Waals surface area contributed by atoms with E-state index < -0.39 is 12.2 Å². The molecule has 1 heterocycles. The highest BCUT2D eigenvalue weighted by Gasteiger charge is 2.46. The Morgan fingerprint density at radius 3 is 2.44 bits per heavy atom. The van der Waals surface area contributed by atoms with Crippen molar-refractivity contribution in [3.63, 3.8) is 0 Å². The summed E-state index contributed by atoms with van der Waals surface area (Å²) < 4.78 is 0. The maximum absolute atomic E-state index is 13.0. The Morgan fingerprint density at radius 1 is 1.15 bits per heavy atom. The molecule has 0 saturated carbocycles. The van der Waals surface area contributed by atoms with Crippen LogP contribution in [0.4, 0.5) is 0 Å². The summed E-state index contributed by atoms with van der Waals surface area (Å²) in [6.07, 6.45) is 2.72. The van der Waals surface area contributed by atoms with E-state index in [1.807, 2.05) is 42.5 Å². The Morgan fingerprint density at radius 2 is 1.81 bits per heavy atom. The van der Waals surface area contributed by atoms with Crippen LogP contribution in [-0.4, -0.2) is 34.7 Å². The van der Waals surface area contributed by atoms with Gasteiger partial charge in [0.25, 0.3) is 0 Å². The summed E-state index contributed by atoms with van der Waals surface area (Å²) in [5.41, 5.74) is 1.90. The van der Waals surface area contributed by atoms with Gasteiger partial charge in [0.15, 0.2) is 0 Å². The van der Waals surface area contributed by atoms with E-state index in [9.17, 15) is 9.59 Å². The van der Waals surface area contributed by atoms with Crippen molar-refractivity contribution in [3.8, 4) is 0 Å².